The summed E-state index contributed by atoms with van der Waals surface area (Å²) in [7, 11) is 0. The number of aryl methyl sites for hydroxylation is 1. The van der Waals surface area contributed by atoms with E-state index in [1.807, 2.05) is 6.92 Å². The van der Waals surface area contributed by atoms with E-state index in [-0.39, 0.29) is 5.54 Å². The third-order valence-electron chi connectivity index (χ3n) is 3.19. The zero-order valence-corrected chi connectivity index (χ0v) is 11.2. The van der Waals surface area contributed by atoms with Gasteiger partial charge in [-0.05, 0) is 19.8 Å². The number of nitrogens with one attached hydrogen (secondary N) is 1. The average Bonchev–Trinajstić information content (AvgIpc) is 2.72. The molecule has 1 aliphatic heterocycles. The minimum atomic E-state index is -0.0732. The summed E-state index contributed by atoms with van der Waals surface area (Å²) < 4.78 is 5.33. The van der Waals surface area contributed by atoms with Crippen LogP contribution in [0.25, 0.3) is 0 Å². The van der Waals surface area contributed by atoms with Gasteiger partial charge in [-0.2, -0.15) is 0 Å². The van der Waals surface area contributed by atoms with Gasteiger partial charge in [0.15, 0.2) is 0 Å². The second-order valence-corrected chi connectivity index (χ2v) is 5.82. The fourth-order valence-electron chi connectivity index (χ4n) is 2.03. The van der Waals surface area contributed by atoms with Crippen molar-refractivity contribution < 1.29 is 4.74 Å². The molecule has 0 radical (unpaired) electrons. The first kappa shape index (κ1) is 13.0. The molecule has 1 saturated heterocycles. The fourth-order valence-corrected chi connectivity index (χ4v) is 2.68. The number of ether oxygens (including phenoxy) is 1. The lowest BCUT2D eigenvalue weighted by atomic mass is 9.91. The molecule has 0 saturated carbocycles. The van der Waals surface area contributed by atoms with E-state index < -0.39 is 0 Å². The number of rotatable bonds is 5. The first-order valence-corrected chi connectivity index (χ1v) is 7.04. The lowest BCUT2D eigenvalue weighted by Crippen LogP contribution is -2.52. The maximum absolute atomic E-state index is 6.29. The Morgan fingerprint density at radius 3 is 2.94 bits per heavy atom. The van der Waals surface area contributed by atoms with Crippen LogP contribution in [0.2, 0.25) is 0 Å². The van der Waals surface area contributed by atoms with Gasteiger partial charge in [-0.3, -0.25) is 0 Å². The second-order valence-electron chi connectivity index (χ2n) is 4.76. The van der Waals surface area contributed by atoms with E-state index in [9.17, 15) is 0 Å². The number of hydrogen-bond acceptors (Lipinski definition) is 5. The summed E-state index contributed by atoms with van der Waals surface area (Å²) in [4.78, 5) is 4.44. The molecule has 0 amide bonds. The maximum Gasteiger partial charge on any atom is 0.0897 e. The summed E-state index contributed by atoms with van der Waals surface area (Å²) in [6, 6.07) is 0. The highest BCUT2D eigenvalue weighted by Gasteiger charge is 2.27. The summed E-state index contributed by atoms with van der Waals surface area (Å²) in [5, 5.41) is 6.70. The molecule has 5 heteroatoms. The van der Waals surface area contributed by atoms with Gasteiger partial charge < -0.3 is 15.8 Å². The number of aromatic nitrogens is 1. The van der Waals surface area contributed by atoms with Crippen LogP contribution in [-0.4, -0.2) is 36.8 Å². The third kappa shape index (κ3) is 4.03. The van der Waals surface area contributed by atoms with Crippen molar-refractivity contribution in [2.75, 3.05) is 26.3 Å². The van der Waals surface area contributed by atoms with Gasteiger partial charge in [-0.15, -0.1) is 11.3 Å². The zero-order chi connectivity index (χ0) is 12.1. The third-order valence-corrected chi connectivity index (χ3v) is 4.01. The van der Waals surface area contributed by atoms with Crippen LogP contribution in [0.15, 0.2) is 5.38 Å². The number of nitrogens with zero attached hydrogens (tertiary/aromatic N) is 1. The predicted octanol–water partition coefficient (Wildman–Crippen LogP) is 1.09. The average molecular weight is 255 g/mol. The van der Waals surface area contributed by atoms with Gasteiger partial charge in [0.1, 0.15) is 0 Å². The van der Waals surface area contributed by atoms with Crippen LogP contribution < -0.4 is 11.1 Å². The topological polar surface area (TPSA) is 60.2 Å². The molecule has 0 spiro atoms. The highest BCUT2D eigenvalue weighted by Crippen LogP contribution is 2.16. The molecule has 2 rings (SSSR count). The van der Waals surface area contributed by atoms with Crippen LogP contribution in [0.1, 0.15) is 23.5 Å². The second kappa shape index (κ2) is 5.91. The van der Waals surface area contributed by atoms with Crippen molar-refractivity contribution in [1.82, 2.24) is 10.3 Å². The normalized spacial score (nSPS) is 19.4. The largest absolute Gasteiger partial charge is 0.381 e. The Morgan fingerprint density at radius 1 is 1.53 bits per heavy atom. The van der Waals surface area contributed by atoms with E-state index in [0.29, 0.717) is 0 Å². The molecule has 0 unspecified atom stereocenters. The van der Waals surface area contributed by atoms with Crippen LogP contribution in [0.4, 0.5) is 0 Å². The Hall–Kier alpha value is -0.490. The van der Waals surface area contributed by atoms with Crippen LogP contribution in [0, 0.1) is 6.92 Å². The quantitative estimate of drug-likeness (QED) is 0.773. The van der Waals surface area contributed by atoms with Gasteiger partial charge >= 0.3 is 0 Å². The zero-order valence-electron chi connectivity index (χ0n) is 10.4. The van der Waals surface area contributed by atoms with E-state index in [4.69, 9.17) is 10.5 Å². The van der Waals surface area contributed by atoms with Gasteiger partial charge in [0.2, 0.25) is 0 Å². The van der Waals surface area contributed by atoms with Crippen molar-refractivity contribution >= 4 is 11.3 Å². The Balaban J connectivity index is 1.65. The van der Waals surface area contributed by atoms with E-state index in [1.54, 1.807) is 11.3 Å². The first-order valence-electron chi connectivity index (χ1n) is 6.16. The lowest BCUT2D eigenvalue weighted by molar-refractivity contribution is 0.0533. The Labute approximate surface area is 107 Å². The Bertz CT molecular complexity index is 347. The van der Waals surface area contributed by atoms with E-state index >= 15 is 0 Å². The monoisotopic (exact) mass is 255 g/mol. The molecule has 3 N–H and O–H groups in total. The summed E-state index contributed by atoms with van der Waals surface area (Å²) >= 11 is 1.71. The van der Waals surface area contributed by atoms with Crippen molar-refractivity contribution in [2.24, 2.45) is 5.73 Å². The molecule has 1 aromatic heterocycles. The molecule has 0 bridgehead atoms. The van der Waals surface area contributed by atoms with Crippen molar-refractivity contribution in [2.45, 2.75) is 31.7 Å². The standard InChI is InChI=1S/C12H21N3OS/c1-10-15-11(8-17-10)2-5-14-9-12(13)3-6-16-7-4-12/h8,14H,2-7,9,13H2,1H3. The van der Waals surface area contributed by atoms with Crippen LogP contribution in [-0.2, 0) is 11.2 Å². The Morgan fingerprint density at radius 2 is 2.29 bits per heavy atom. The molecule has 2 heterocycles. The summed E-state index contributed by atoms with van der Waals surface area (Å²) in [6.07, 6.45) is 2.89. The smallest absolute Gasteiger partial charge is 0.0897 e. The molecular formula is C12H21N3OS. The maximum atomic E-state index is 6.29. The van der Waals surface area contributed by atoms with Gasteiger partial charge in [-0.1, -0.05) is 0 Å². The molecule has 96 valence electrons. The van der Waals surface area contributed by atoms with Crippen LogP contribution in [0.5, 0.6) is 0 Å². The Kier molecular flexibility index (Phi) is 4.50. The van der Waals surface area contributed by atoms with Crippen molar-refractivity contribution in [3.05, 3.63) is 16.1 Å². The van der Waals surface area contributed by atoms with Crippen LogP contribution in [0.3, 0.4) is 0 Å². The highest BCUT2D eigenvalue weighted by atomic mass is 32.1. The molecule has 1 aromatic rings. The minimum Gasteiger partial charge on any atom is -0.381 e. The molecule has 0 aromatic carbocycles. The van der Waals surface area contributed by atoms with Crippen LogP contribution >= 0.6 is 11.3 Å². The SMILES string of the molecule is Cc1nc(CCNCC2(N)CCOCC2)cs1. The number of thiazole rings is 1. The minimum absolute atomic E-state index is 0.0732. The molecule has 0 atom stereocenters. The molecule has 1 aliphatic rings. The fraction of sp³-hybridized carbons (Fsp3) is 0.750. The van der Waals surface area contributed by atoms with Gasteiger partial charge in [0.25, 0.3) is 0 Å². The molecule has 17 heavy (non-hydrogen) atoms. The van der Waals surface area contributed by atoms with E-state index in [2.05, 4.69) is 15.7 Å². The van der Waals surface area contributed by atoms with Crippen molar-refractivity contribution in [3.8, 4) is 0 Å². The molecule has 4 nitrogen and oxygen atoms in total. The summed E-state index contributed by atoms with van der Waals surface area (Å²) in [5.41, 5.74) is 7.39. The summed E-state index contributed by atoms with van der Waals surface area (Å²) in [5.74, 6) is 0. The first-order chi connectivity index (χ1) is 8.18. The van der Waals surface area contributed by atoms with Gasteiger partial charge in [-0.25, -0.2) is 4.98 Å². The number of hydrogen-bond donors (Lipinski definition) is 2. The molecular weight excluding hydrogens is 234 g/mol. The van der Waals surface area contributed by atoms with E-state index in [0.717, 1.165) is 50.6 Å². The summed E-state index contributed by atoms with van der Waals surface area (Å²) in [6.45, 7) is 5.45. The number of nitrogens with two attached hydrogens (primary N) is 1. The molecule has 0 aliphatic carbocycles. The lowest BCUT2D eigenvalue weighted by Gasteiger charge is -2.33. The van der Waals surface area contributed by atoms with E-state index in [1.165, 1.54) is 5.69 Å². The van der Waals surface area contributed by atoms with Crippen molar-refractivity contribution in [1.29, 1.82) is 0 Å². The van der Waals surface area contributed by atoms with Gasteiger partial charge in [0, 0.05) is 43.6 Å². The predicted molar refractivity (Wildman–Crippen MR) is 70.4 cm³/mol. The van der Waals surface area contributed by atoms with Gasteiger partial charge in [0.05, 0.1) is 10.7 Å². The molecule has 1 fully saturated rings. The van der Waals surface area contributed by atoms with Crippen molar-refractivity contribution in [3.63, 3.8) is 0 Å². The highest BCUT2D eigenvalue weighted by molar-refractivity contribution is 7.09.